The van der Waals surface area contributed by atoms with Crippen molar-refractivity contribution in [1.82, 2.24) is 5.32 Å². The van der Waals surface area contributed by atoms with Gasteiger partial charge in [0.25, 0.3) is 0 Å². The van der Waals surface area contributed by atoms with E-state index < -0.39 is 15.9 Å². The van der Waals surface area contributed by atoms with Crippen LogP contribution in [0.25, 0.3) is 0 Å². The molecule has 1 unspecified atom stereocenters. The first-order chi connectivity index (χ1) is 9.04. The number of ether oxygens (including phenoxy) is 1. The van der Waals surface area contributed by atoms with Gasteiger partial charge in [0.1, 0.15) is 6.61 Å². The lowest BCUT2D eigenvalue weighted by molar-refractivity contribution is 0.177. The first-order valence-corrected chi connectivity index (χ1v) is 7.96. The standard InChI is InChI=1S/C13H15NO4S/c15-13-14-12(7-18-13)10-3-5-11(6-4-10)19(16,17)8-9-1-2-9/h3-6,9,12H,1-2,7-8H2,(H,14,15). The second-order valence-corrected chi connectivity index (χ2v) is 7.12. The van der Waals surface area contributed by atoms with Crippen molar-refractivity contribution >= 4 is 15.9 Å². The first kappa shape index (κ1) is 12.5. The third-order valence-corrected chi connectivity index (χ3v) is 5.37. The van der Waals surface area contributed by atoms with Crippen molar-refractivity contribution in [2.24, 2.45) is 5.92 Å². The zero-order valence-electron chi connectivity index (χ0n) is 10.3. The molecule has 1 amide bonds. The van der Waals surface area contributed by atoms with Crippen molar-refractivity contribution in [3.05, 3.63) is 29.8 Å². The Balaban J connectivity index is 1.76. The molecule has 1 N–H and O–H groups in total. The number of hydrogen-bond donors (Lipinski definition) is 1. The highest BCUT2D eigenvalue weighted by molar-refractivity contribution is 7.91. The Kier molecular flexibility index (Phi) is 2.97. The summed E-state index contributed by atoms with van der Waals surface area (Å²) in [5.74, 6) is 0.586. The highest BCUT2D eigenvalue weighted by atomic mass is 32.2. The second-order valence-electron chi connectivity index (χ2n) is 5.09. The van der Waals surface area contributed by atoms with E-state index in [9.17, 15) is 13.2 Å². The van der Waals surface area contributed by atoms with Crippen LogP contribution in [0, 0.1) is 5.92 Å². The van der Waals surface area contributed by atoms with Gasteiger partial charge in [0, 0.05) is 0 Å². The van der Waals surface area contributed by atoms with E-state index >= 15 is 0 Å². The molecular formula is C13H15NO4S. The maximum Gasteiger partial charge on any atom is 0.407 e. The zero-order valence-corrected chi connectivity index (χ0v) is 11.2. The Morgan fingerprint density at radius 1 is 1.21 bits per heavy atom. The van der Waals surface area contributed by atoms with Gasteiger partial charge < -0.3 is 10.1 Å². The Labute approximate surface area is 111 Å². The molecular weight excluding hydrogens is 266 g/mol. The normalized spacial score (nSPS) is 22.9. The number of cyclic esters (lactones) is 1. The summed E-state index contributed by atoms with van der Waals surface area (Å²) >= 11 is 0. The minimum Gasteiger partial charge on any atom is -0.447 e. The van der Waals surface area contributed by atoms with Crippen LogP contribution < -0.4 is 5.32 Å². The van der Waals surface area contributed by atoms with Crippen LogP contribution in [0.5, 0.6) is 0 Å². The fraction of sp³-hybridized carbons (Fsp3) is 0.462. The van der Waals surface area contributed by atoms with Crippen LogP contribution in [-0.4, -0.2) is 26.9 Å². The van der Waals surface area contributed by atoms with Crippen LogP contribution in [0.15, 0.2) is 29.2 Å². The largest absolute Gasteiger partial charge is 0.447 e. The van der Waals surface area contributed by atoms with E-state index in [0.29, 0.717) is 10.8 Å². The number of nitrogens with one attached hydrogen (secondary N) is 1. The maximum absolute atomic E-state index is 12.1. The number of benzene rings is 1. The molecule has 0 radical (unpaired) electrons. The van der Waals surface area contributed by atoms with Gasteiger partial charge in [-0.25, -0.2) is 13.2 Å². The van der Waals surface area contributed by atoms with Gasteiger partial charge in [0.2, 0.25) is 0 Å². The number of amides is 1. The van der Waals surface area contributed by atoms with E-state index in [-0.39, 0.29) is 18.4 Å². The van der Waals surface area contributed by atoms with Crippen LogP contribution in [0.1, 0.15) is 24.4 Å². The molecule has 0 spiro atoms. The summed E-state index contributed by atoms with van der Waals surface area (Å²) in [5.41, 5.74) is 0.858. The minimum atomic E-state index is -3.17. The summed E-state index contributed by atoms with van der Waals surface area (Å²) in [5, 5.41) is 2.66. The first-order valence-electron chi connectivity index (χ1n) is 6.30. The van der Waals surface area contributed by atoms with Crippen molar-refractivity contribution in [2.45, 2.75) is 23.8 Å². The van der Waals surface area contributed by atoms with E-state index in [1.807, 2.05) is 0 Å². The summed E-state index contributed by atoms with van der Waals surface area (Å²) in [6.07, 6.45) is 1.60. The fourth-order valence-corrected chi connectivity index (χ4v) is 3.86. The van der Waals surface area contributed by atoms with Gasteiger partial charge >= 0.3 is 6.09 Å². The molecule has 0 bridgehead atoms. The van der Waals surface area contributed by atoms with Gasteiger partial charge in [-0.1, -0.05) is 12.1 Å². The molecule has 1 atom stereocenters. The Morgan fingerprint density at radius 2 is 1.89 bits per heavy atom. The number of rotatable bonds is 4. The monoisotopic (exact) mass is 281 g/mol. The summed E-state index contributed by atoms with van der Waals surface area (Å²) in [6.45, 7) is 0.285. The summed E-state index contributed by atoms with van der Waals surface area (Å²) < 4.78 is 29.0. The van der Waals surface area contributed by atoms with Crippen LogP contribution in [0.2, 0.25) is 0 Å². The van der Waals surface area contributed by atoms with Crippen molar-refractivity contribution in [3.63, 3.8) is 0 Å². The second kappa shape index (κ2) is 4.52. The van der Waals surface area contributed by atoms with E-state index in [1.54, 1.807) is 24.3 Å². The topological polar surface area (TPSA) is 72.5 Å². The molecule has 2 aliphatic rings. The Morgan fingerprint density at radius 3 is 2.42 bits per heavy atom. The summed E-state index contributed by atoms with van der Waals surface area (Å²) in [6, 6.07) is 6.50. The molecule has 1 aromatic carbocycles. The molecule has 1 saturated carbocycles. The zero-order chi connectivity index (χ0) is 13.5. The van der Waals surface area contributed by atoms with E-state index in [4.69, 9.17) is 4.74 Å². The predicted molar refractivity (Wildman–Crippen MR) is 68.4 cm³/mol. The van der Waals surface area contributed by atoms with Crippen LogP contribution in [0.4, 0.5) is 4.79 Å². The third-order valence-electron chi connectivity index (χ3n) is 3.47. The average Bonchev–Trinajstić information content (AvgIpc) is 3.07. The molecule has 6 heteroatoms. The van der Waals surface area contributed by atoms with Gasteiger partial charge in [0.05, 0.1) is 16.7 Å². The SMILES string of the molecule is O=C1NC(c2ccc(S(=O)(=O)CC3CC3)cc2)CO1. The third kappa shape index (κ3) is 2.73. The lowest BCUT2D eigenvalue weighted by atomic mass is 10.1. The van der Waals surface area contributed by atoms with Gasteiger partial charge in [-0.15, -0.1) is 0 Å². The number of hydrogen-bond acceptors (Lipinski definition) is 4. The number of carbonyl (C=O) groups is 1. The molecule has 1 heterocycles. The van der Waals surface area contributed by atoms with Crippen molar-refractivity contribution < 1.29 is 17.9 Å². The van der Waals surface area contributed by atoms with Crippen LogP contribution >= 0.6 is 0 Å². The van der Waals surface area contributed by atoms with E-state index in [1.165, 1.54) is 0 Å². The van der Waals surface area contributed by atoms with Crippen LogP contribution in [0.3, 0.4) is 0 Å². The lowest BCUT2D eigenvalue weighted by Gasteiger charge is -2.09. The van der Waals surface area contributed by atoms with Crippen LogP contribution in [-0.2, 0) is 14.6 Å². The highest BCUT2D eigenvalue weighted by Crippen LogP contribution is 2.32. The number of sulfone groups is 1. The van der Waals surface area contributed by atoms with Gasteiger partial charge in [-0.2, -0.15) is 0 Å². The molecule has 19 heavy (non-hydrogen) atoms. The molecule has 5 nitrogen and oxygen atoms in total. The quantitative estimate of drug-likeness (QED) is 0.911. The van der Waals surface area contributed by atoms with Crippen molar-refractivity contribution in [3.8, 4) is 0 Å². The smallest absolute Gasteiger partial charge is 0.407 e. The Bertz CT molecular complexity index is 590. The summed E-state index contributed by atoms with van der Waals surface area (Å²) in [4.78, 5) is 11.3. The maximum atomic E-state index is 12.1. The molecule has 2 fully saturated rings. The molecule has 1 aliphatic heterocycles. The fourth-order valence-electron chi connectivity index (χ4n) is 2.16. The molecule has 1 saturated heterocycles. The van der Waals surface area contributed by atoms with Gasteiger partial charge in [-0.05, 0) is 36.5 Å². The molecule has 3 rings (SSSR count). The predicted octanol–water partition coefficient (Wildman–Crippen LogP) is 1.65. The molecule has 1 aromatic rings. The van der Waals surface area contributed by atoms with Crippen molar-refractivity contribution in [1.29, 1.82) is 0 Å². The van der Waals surface area contributed by atoms with E-state index in [2.05, 4.69) is 5.32 Å². The average molecular weight is 281 g/mol. The molecule has 102 valence electrons. The lowest BCUT2D eigenvalue weighted by Crippen LogP contribution is -2.18. The summed E-state index contributed by atoms with van der Waals surface area (Å²) in [7, 11) is -3.17. The van der Waals surface area contributed by atoms with Gasteiger partial charge in [-0.3, -0.25) is 0 Å². The Hall–Kier alpha value is -1.56. The van der Waals surface area contributed by atoms with Crippen molar-refractivity contribution in [2.75, 3.05) is 12.4 Å². The number of alkyl carbamates (subject to hydrolysis) is 1. The van der Waals surface area contributed by atoms with Gasteiger partial charge in [0.15, 0.2) is 9.84 Å². The van der Waals surface area contributed by atoms with E-state index in [0.717, 1.165) is 18.4 Å². The highest BCUT2D eigenvalue weighted by Gasteiger charge is 2.29. The molecule has 1 aliphatic carbocycles. The number of carbonyl (C=O) groups excluding carboxylic acids is 1. The molecule has 0 aromatic heterocycles. The minimum absolute atomic E-state index is 0.187.